The predicted molar refractivity (Wildman–Crippen MR) is 92.5 cm³/mol. The highest BCUT2D eigenvalue weighted by atomic mass is 79.9. The highest BCUT2D eigenvalue weighted by Gasteiger charge is 2.24. The Morgan fingerprint density at radius 3 is 2.67 bits per heavy atom. The van der Waals surface area contributed by atoms with Crippen molar-refractivity contribution in [2.45, 2.75) is 6.92 Å². The molecular weight excluding hydrogens is 374 g/mol. The Kier molecular flexibility index (Phi) is 4.57. The van der Waals surface area contributed by atoms with Gasteiger partial charge in [-0.1, -0.05) is 28.1 Å². The first-order valence-corrected chi connectivity index (χ1v) is 7.87. The van der Waals surface area contributed by atoms with E-state index in [1.807, 2.05) is 12.1 Å². The fraction of sp³-hybridized carbons (Fsp3) is 0.0556. The van der Waals surface area contributed by atoms with Crippen LogP contribution < -0.4 is 4.74 Å². The van der Waals surface area contributed by atoms with Crippen molar-refractivity contribution in [3.05, 3.63) is 69.8 Å². The van der Waals surface area contributed by atoms with Crippen LogP contribution in [-0.2, 0) is 14.3 Å². The van der Waals surface area contributed by atoms with Crippen molar-refractivity contribution in [3.63, 3.8) is 0 Å². The zero-order valence-electron chi connectivity index (χ0n) is 12.7. The quantitative estimate of drug-likeness (QED) is 0.458. The van der Waals surface area contributed by atoms with Crippen molar-refractivity contribution in [1.29, 1.82) is 0 Å². The van der Waals surface area contributed by atoms with Crippen LogP contribution >= 0.6 is 15.9 Å². The molecule has 0 N–H and O–H groups in total. The Labute approximate surface area is 146 Å². The van der Waals surface area contributed by atoms with Gasteiger partial charge in [0.15, 0.2) is 5.70 Å². The van der Waals surface area contributed by atoms with E-state index >= 15 is 0 Å². The number of hydrogen-bond donors (Lipinski definition) is 0. The lowest BCUT2D eigenvalue weighted by Gasteiger charge is -2.01. The Hall–Kier alpha value is -2.73. The smallest absolute Gasteiger partial charge is 0.363 e. The fourth-order valence-electron chi connectivity index (χ4n) is 2.12. The van der Waals surface area contributed by atoms with E-state index in [1.54, 1.807) is 42.5 Å². The number of carbonyl (C=O) groups is 2. The molecule has 2 aromatic rings. The highest BCUT2D eigenvalue weighted by molar-refractivity contribution is 9.10. The lowest BCUT2D eigenvalue weighted by Crippen LogP contribution is -2.05. The lowest BCUT2D eigenvalue weighted by molar-refractivity contribution is -0.132. The Bertz CT molecular complexity index is 869. The van der Waals surface area contributed by atoms with Crippen LogP contribution in [0.1, 0.15) is 18.1 Å². The van der Waals surface area contributed by atoms with Crippen LogP contribution in [0, 0.1) is 0 Å². The highest BCUT2D eigenvalue weighted by Crippen LogP contribution is 2.22. The number of aliphatic imine (C=N–C) groups is 1. The maximum Gasteiger partial charge on any atom is 0.363 e. The lowest BCUT2D eigenvalue weighted by atomic mass is 10.2. The summed E-state index contributed by atoms with van der Waals surface area (Å²) in [6.07, 6.45) is 1.58. The first kappa shape index (κ1) is 16.1. The number of carbonyl (C=O) groups excluding carboxylic acids is 2. The third-order valence-corrected chi connectivity index (χ3v) is 3.66. The summed E-state index contributed by atoms with van der Waals surface area (Å²) in [4.78, 5) is 27.2. The second kappa shape index (κ2) is 6.80. The molecule has 6 heteroatoms. The number of ether oxygens (including phenoxy) is 2. The van der Waals surface area contributed by atoms with Gasteiger partial charge in [0.25, 0.3) is 0 Å². The van der Waals surface area contributed by atoms with Gasteiger partial charge < -0.3 is 9.47 Å². The monoisotopic (exact) mass is 385 g/mol. The average molecular weight is 386 g/mol. The van der Waals surface area contributed by atoms with Crippen LogP contribution in [0.15, 0.2) is 63.7 Å². The van der Waals surface area contributed by atoms with Gasteiger partial charge in [-0.25, -0.2) is 9.79 Å². The summed E-state index contributed by atoms with van der Waals surface area (Å²) in [5.74, 6) is -0.267. The maximum atomic E-state index is 12.0. The minimum absolute atomic E-state index is 0.188. The molecule has 3 rings (SSSR count). The molecule has 0 amide bonds. The first-order chi connectivity index (χ1) is 11.5. The van der Waals surface area contributed by atoms with Gasteiger partial charge in [-0.15, -0.1) is 0 Å². The molecule has 1 aliphatic heterocycles. The molecule has 0 saturated carbocycles. The summed E-state index contributed by atoms with van der Waals surface area (Å²) in [6, 6.07) is 14.1. The minimum Gasteiger partial charge on any atom is -0.427 e. The molecule has 1 aliphatic rings. The zero-order valence-corrected chi connectivity index (χ0v) is 14.2. The van der Waals surface area contributed by atoms with Crippen molar-refractivity contribution in [2.75, 3.05) is 0 Å². The molecule has 0 unspecified atom stereocenters. The summed E-state index contributed by atoms with van der Waals surface area (Å²) >= 11 is 3.35. The van der Waals surface area contributed by atoms with Crippen molar-refractivity contribution in [3.8, 4) is 5.75 Å². The van der Waals surface area contributed by atoms with E-state index in [2.05, 4.69) is 20.9 Å². The van der Waals surface area contributed by atoms with Crippen molar-refractivity contribution >= 4 is 39.8 Å². The predicted octanol–water partition coefficient (Wildman–Crippen LogP) is 3.72. The number of benzene rings is 2. The summed E-state index contributed by atoms with van der Waals surface area (Å²) in [6.45, 7) is 1.33. The van der Waals surface area contributed by atoms with Gasteiger partial charge in [-0.3, -0.25) is 4.79 Å². The maximum absolute atomic E-state index is 12.0. The van der Waals surface area contributed by atoms with Crippen LogP contribution in [0.25, 0.3) is 6.08 Å². The Morgan fingerprint density at radius 1 is 1.21 bits per heavy atom. The summed E-state index contributed by atoms with van der Waals surface area (Å²) < 4.78 is 11.2. The fourth-order valence-corrected chi connectivity index (χ4v) is 2.38. The molecule has 0 atom stereocenters. The van der Waals surface area contributed by atoms with Gasteiger partial charge in [-0.2, -0.15) is 0 Å². The number of esters is 2. The first-order valence-electron chi connectivity index (χ1n) is 7.08. The van der Waals surface area contributed by atoms with Gasteiger partial charge in [-0.05, 0) is 48.0 Å². The number of halogens is 1. The minimum atomic E-state index is -0.522. The third-order valence-electron chi connectivity index (χ3n) is 3.13. The van der Waals surface area contributed by atoms with E-state index in [9.17, 15) is 9.59 Å². The van der Waals surface area contributed by atoms with E-state index in [1.165, 1.54) is 6.92 Å². The van der Waals surface area contributed by atoms with Crippen LogP contribution in [0.5, 0.6) is 5.75 Å². The molecule has 0 radical (unpaired) electrons. The van der Waals surface area contributed by atoms with Gasteiger partial charge in [0, 0.05) is 17.0 Å². The molecule has 0 bridgehead atoms. The van der Waals surface area contributed by atoms with Crippen molar-refractivity contribution in [1.82, 2.24) is 0 Å². The van der Waals surface area contributed by atoms with E-state index in [-0.39, 0.29) is 11.6 Å². The molecule has 0 aliphatic carbocycles. The standard InChI is InChI=1S/C18H12BrNO4/c1-11(21)23-15-4-2-3-12(9-15)10-16-18(22)24-17(20-16)13-5-7-14(19)8-6-13/h2-10H,1H3/b16-10-. The van der Waals surface area contributed by atoms with Gasteiger partial charge in [0.2, 0.25) is 5.90 Å². The zero-order chi connectivity index (χ0) is 17.1. The van der Waals surface area contributed by atoms with Crippen LogP contribution in [0.4, 0.5) is 0 Å². The normalized spacial score (nSPS) is 15.2. The number of rotatable bonds is 3. The van der Waals surface area contributed by atoms with Gasteiger partial charge in [0.1, 0.15) is 5.75 Å². The van der Waals surface area contributed by atoms with Crippen molar-refractivity contribution < 1.29 is 19.1 Å². The van der Waals surface area contributed by atoms with E-state index in [0.717, 1.165) is 4.47 Å². The second-order valence-corrected chi connectivity index (χ2v) is 5.92. The van der Waals surface area contributed by atoms with E-state index < -0.39 is 11.9 Å². The summed E-state index contributed by atoms with van der Waals surface area (Å²) in [5.41, 5.74) is 1.58. The van der Waals surface area contributed by atoms with Crippen molar-refractivity contribution in [2.24, 2.45) is 4.99 Å². The largest absolute Gasteiger partial charge is 0.427 e. The summed E-state index contributed by atoms with van der Waals surface area (Å²) in [7, 11) is 0. The second-order valence-electron chi connectivity index (χ2n) is 5.01. The van der Waals surface area contributed by atoms with Gasteiger partial charge in [0.05, 0.1) is 0 Å². The SMILES string of the molecule is CC(=O)Oc1cccc(/C=C2\N=C(c3ccc(Br)cc3)OC2=O)c1. The molecule has 1 heterocycles. The molecule has 0 saturated heterocycles. The Balaban J connectivity index is 1.88. The average Bonchev–Trinajstić information content (AvgIpc) is 2.89. The molecule has 2 aromatic carbocycles. The van der Waals surface area contributed by atoms with Crippen LogP contribution in [-0.4, -0.2) is 17.8 Å². The number of hydrogen-bond acceptors (Lipinski definition) is 5. The molecular formula is C18H12BrNO4. The molecule has 0 spiro atoms. The third kappa shape index (κ3) is 3.78. The van der Waals surface area contributed by atoms with Crippen LogP contribution in [0.2, 0.25) is 0 Å². The van der Waals surface area contributed by atoms with Gasteiger partial charge >= 0.3 is 11.9 Å². The molecule has 120 valence electrons. The molecule has 0 aromatic heterocycles. The molecule has 5 nitrogen and oxygen atoms in total. The molecule has 24 heavy (non-hydrogen) atoms. The summed E-state index contributed by atoms with van der Waals surface area (Å²) in [5, 5.41) is 0. The van der Waals surface area contributed by atoms with E-state index in [0.29, 0.717) is 16.9 Å². The number of cyclic esters (lactones) is 1. The van der Waals surface area contributed by atoms with Crippen LogP contribution in [0.3, 0.4) is 0 Å². The van der Waals surface area contributed by atoms with E-state index in [4.69, 9.17) is 9.47 Å². The Morgan fingerprint density at radius 2 is 1.96 bits per heavy atom. The topological polar surface area (TPSA) is 65.0 Å². The molecule has 0 fully saturated rings. The number of nitrogens with zero attached hydrogens (tertiary/aromatic N) is 1.